The van der Waals surface area contributed by atoms with E-state index in [1.807, 2.05) is 47.8 Å². The molecule has 1 aliphatic rings. The lowest BCUT2D eigenvalue weighted by Gasteiger charge is -2.32. The number of pyridine rings is 1. The van der Waals surface area contributed by atoms with E-state index in [0.717, 1.165) is 36.1 Å². The molecule has 32 heavy (non-hydrogen) atoms. The summed E-state index contributed by atoms with van der Waals surface area (Å²) in [7, 11) is 0. The average molecular weight is 448 g/mol. The quantitative estimate of drug-likeness (QED) is 0.527. The Kier molecular flexibility index (Phi) is 7.67. The molecule has 166 valence electrons. The third-order valence-corrected chi connectivity index (χ3v) is 6.88. The van der Waals surface area contributed by atoms with Crippen molar-refractivity contribution in [2.45, 2.75) is 50.6 Å². The van der Waals surface area contributed by atoms with E-state index >= 15 is 0 Å². The van der Waals surface area contributed by atoms with Crippen molar-refractivity contribution in [3.8, 4) is 0 Å². The number of nitrogens with zero attached hydrogens (tertiary/aromatic N) is 2. The standard InChI is InChI=1S/C26H29N3O2S/c30-25(28-21-12-5-2-6-13-21)24(23-15-9-19-32-23)29(18-16-20-10-3-1-4-11-20)26(31)22-14-7-8-17-27-22/h1,3-4,7-11,14-15,17,19,21,24H,2,5-6,12-13,16,18H2,(H,28,30). The summed E-state index contributed by atoms with van der Waals surface area (Å²) >= 11 is 1.51. The van der Waals surface area contributed by atoms with Crippen LogP contribution in [0.2, 0.25) is 0 Å². The van der Waals surface area contributed by atoms with Crippen LogP contribution in [0.1, 0.15) is 59.1 Å². The Morgan fingerprint density at radius 1 is 1.00 bits per heavy atom. The van der Waals surface area contributed by atoms with Gasteiger partial charge in [-0.2, -0.15) is 0 Å². The van der Waals surface area contributed by atoms with Gasteiger partial charge < -0.3 is 10.2 Å². The second kappa shape index (κ2) is 11.0. The van der Waals surface area contributed by atoms with Gasteiger partial charge in [-0.1, -0.05) is 61.7 Å². The summed E-state index contributed by atoms with van der Waals surface area (Å²) in [5, 5.41) is 5.20. The van der Waals surface area contributed by atoms with Gasteiger partial charge in [0.1, 0.15) is 11.7 Å². The Morgan fingerprint density at radius 3 is 2.47 bits per heavy atom. The second-order valence-electron chi connectivity index (χ2n) is 8.21. The fourth-order valence-electron chi connectivity index (χ4n) is 4.28. The predicted octanol–water partition coefficient (Wildman–Crippen LogP) is 5.02. The molecule has 0 spiro atoms. The van der Waals surface area contributed by atoms with Crippen LogP contribution in [0.25, 0.3) is 0 Å². The fraction of sp³-hybridized carbons (Fsp3) is 0.346. The van der Waals surface area contributed by atoms with E-state index in [9.17, 15) is 9.59 Å². The van der Waals surface area contributed by atoms with Gasteiger partial charge in [0.15, 0.2) is 0 Å². The number of hydrogen-bond acceptors (Lipinski definition) is 4. The molecule has 1 saturated carbocycles. The number of rotatable bonds is 8. The van der Waals surface area contributed by atoms with Gasteiger partial charge in [-0.05, 0) is 48.4 Å². The molecule has 4 rings (SSSR count). The zero-order valence-electron chi connectivity index (χ0n) is 18.2. The first-order chi connectivity index (χ1) is 15.7. The Balaban J connectivity index is 1.63. The van der Waals surface area contributed by atoms with Crippen LogP contribution >= 0.6 is 11.3 Å². The van der Waals surface area contributed by atoms with Crippen LogP contribution in [-0.2, 0) is 11.2 Å². The first kappa shape index (κ1) is 22.2. The van der Waals surface area contributed by atoms with Crippen molar-refractivity contribution in [3.05, 3.63) is 88.4 Å². The minimum absolute atomic E-state index is 0.100. The molecule has 0 saturated heterocycles. The number of hydrogen-bond donors (Lipinski definition) is 1. The molecule has 1 atom stereocenters. The lowest BCUT2D eigenvalue weighted by atomic mass is 9.95. The number of benzene rings is 1. The molecule has 1 N–H and O–H groups in total. The highest BCUT2D eigenvalue weighted by molar-refractivity contribution is 7.10. The van der Waals surface area contributed by atoms with E-state index in [4.69, 9.17) is 0 Å². The zero-order chi connectivity index (χ0) is 22.2. The molecule has 2 heterocycles. The largest absolute Gasteiger partial charge is 0.351 e. The molecular formula is C26H29N3O2S. The van der Waals surface area contributed by atoms with Crippen molar-refractivity contribution in [3.63, 3.8) is 0 Å². The number of nitrogens with one attached hydrogen (secondary N) is 1. The van der Waals surface area contributed by atoms with Crippen molar-refractivity contribution in [2.24, 2.45) is 0 Å². The molecule has 2 aromatic heterocycles. The third-order valence-electron chi connectivity index (χ3n) is 5.95. The van der Waals surface area contributed by atoms with Crippen molar-refractivity contribution in [1.82, 2.24) is 15.2 Å². The van der Waals surface area contributed by atoms with E-state index in [0.29, 0.717) is 18.7 Å². The Bertz CT molecular complexity index is 986. The van der Waals surface area contributed by atoms with Crippen LogP contribution in [0, 0.1) is 0 Å². The van der Waals surface area contributed by atoms with E-state index < -0.39 is 6.04 Å². The topological polar surface area (TPSA) is 62.3 Å². The zero-order valence-corrected chi connectivity index (χ0v) is 19.0. The van der Waals surface area contributed by atoms with Crippen LogP contribution < -0.4 is 5.32 Å². The van der Waals surface area contributed by atoms with Gasteiger partial charge in [0.2, 0.25) is 5.91 Å². The first-order valence-electron chi connectivity index (χ1n) is 11.3. The molecule has 0 bridgehead atoms. The maximum Gasteiger partial charge on any atom is 0.273 e. The van der Waals surface area contributed by atoms with E-state index in [1.54, 1.807) is 29.3 Å². The summed E-state index contributed by atoms with van der Waals surface area (Å²) in [6, 6.07) is 18.7. The smallest absolute Gasteiger partial charge is 0.273 e. The predicted molar refractivity (Wildman–Crippen MR) is 127 cm³/mol. The number of aromatic nitrogens is 1. The van der Waals surface area contributed by atoms with Gasteiger partial charge in [0.25, 0.3) is 5.91 Å². The van der Waals surface area contributed by atoms with Crippen LogP contribution in [0.15, 0.2) is 72.2 Å². The number of carbonyl (C=O) groups excluding carboxylic acids is 2. The van der Waals surface area contributed by atoms with E-state index in [-0.39, 0.29) is 17.9 Å². The molecule has 3 aromatic rings. The van der Waals surface area contributed by atoms with E-state index in [2.05, 4.69) is 10.3 Å². The van der Waals surface area contributed by atoms with Gasteiger partial charge in [0, 0.05) is 23.7 Å². The highest BCUT2D eigenvalue weighted by Gasteiger charge is 2.34. The van der Waals surface area contributed by atoms with Crippen molar-refractivity contribution in [2.75, 3.05) is 6.54 Å². The van der Waals surface area contributed by atoms with Crippen LogP contribution in [0.3, 0.4) is 0 Å². The van der Waals surface area contributed by atoms with Gasteiger partial charge in [-0.3, -0.25) is 14.6 Å². The molecule has 0 radical (unpaired) electrons. The number of carbonyl (C=O) groups is 2. The summed E-state index contributed by atoms with van der Waals surface area (Å²) in [5.41, 5.74) is 1.48. The molecule has 2 amide bonds. The van der Waals surface area contributed by atoms with Crippen molar-refractivity contribution >= 4 is 23.2 Å². The monoisotopic (exact) mass is 447 g/mol. The Morgan fingerprint density at radius 2 is 1.78 bits per heavy atom. The highest BCUT2D eigenvalue weighted by Crippen LogP contribution is 2.28. The Labute approximate surface area is 193 Å². The molecule has 6 heteroatoms. The van der Waals surface area contributed by atoms with Crippen LogP contribution in [0.5, 0.6) is 0 Å². The second-order valence-corrected chi connectivity index (χ2v) is 9.19. The van der Waals surface area contributed by atoms with Crippen molar-refractivity contribution in [1.29, 1.82) is 0 Å². The lowest BCUT2D eigenvalue weighted by molar-refractivity contribution is -0.126. The summed E-state index contributed by atoms with van der Waals surface area (Å²) in [6.45, 7) is 0.431. The van der Waals surface area contributed by atoms with Gasteiger partial charge >= 0.3 is 0 Å². The highest BCUT2D eigenvalue weighted by atomic mass is 32.1. The number of amides is 2. The van der Waals surface area contributed by atoms with Crippen LogP contribution in [0.4, 0.5) is 0 Å². The van der Waals surface area contributed by atoms with Gasteiger partial charge in [0.05, 0.1) is 0 Å². The lowest BCUT2D eigenvalue weighted by Crippen LogP contribution is -2.47. The van der Waals surface area contributed by atoms with Gasteiger partial charge in [-0.25, -0.2) is 0 Å². The molecule has 1 aromatic carbocycles. The normalized spacial score (nSPS) is 15.1. The minimum atomic E-state index is -0.671. The SMILES string of the molecule is O=C(NC1CCCCC1)C(c1cccs1)N(CCc1ccccc1)C(=O)c1ccccn1. The first-order valence-corrected chi connectivity index (χ1v) is 12.2. The maximum absolute atomic E-state index is 13.6. The molecular weight excluding hydrogens is 418 g/mol. The molecule has 5 nitrogen and oxygen atoms in total. The van der Waals surface area contributed by atoms with Crippen LogP contribution in [-0.4, -0.2) is 34.3 Å². The fourth-order valence-corrected chi connectivity index (χ4v) is 5.11. The Hall–Kier alpha value is -2.99. The summed E-state index contributed by atoms with van der Waals surface area (Å²) < 4.78 is 0. The molecule has 1 aliphatic carbocycles. The minimum Gasteiger partial charge on any atom is -0.351 e. The van der Waals surface area contributed by atoms with E-state index in [1.165, 1.54) is 17.8 Å². The summed E-state index contributed by atoms with van der Waals surface area (Å²) in [5.74, 6) is -0.324. The number of thiophene rings is 1. The third kappa shape index (κ3) is 5.62. The maximum atomic E-state index is 13.6. The molecule has 1 fully saturated rings. The molecule has 1 unspecified atom stereocenters. The molecule has 0 aliphatic heterocycles. The van der Waals surface area contributed by atoms with Crippen molar-refractivity contribution < 1.29 is 9.59 Å². The summed E-state index contributed by atoms with van der Waals surface area (Å²) in [6.07, 6.45) is 7.78. The van der Waals surface area contributed by atoms with Gasteiger partial charge in [-0.15, -0.1) is 11.3 Å². The average Bonchev–Trinajstić information content (AvgIpc) is 3.37. The summed E-state index contributed by atoms with van der Waals surface area (Å²) in [4.78, 5) is 34.0.